The smallest absolute Gasteiger partial charge is 0.407 e. The number of aromatic nitrogens is 2. The summed E-state index contributed by atoms with van der Waals surface area (Å²) in [5, 5.41) is 31.1. The molecule has 4 unspecified atom stereocenters. The molecule has 0 radical (unpaired) electrons. The first-order valence-electron chi connectivity index (χ1n) is 10.8. The Morgan fingerprint density at radius 2 is 1.18 bits per heavy atom. The fourth-order valence-corrected chi connectivity index (χ4v) is 4.18. The number of hydrogen-bond donors (Lipinski definition) is 4. The lowest BCUT2D eigenvalue weighted by Crippen LogP contribution is -2.58. The van der Waals surface area contributed by atoms with Gasteiger partial charge in [0.15, 0.2) is 0 Å². The minimum Gasteiger partial charge on any atom is -0.444 e. The van der Waals surface area contributed by atoms with Crippen LogP contribution in [-0.2, 0) is 22.3 Å². The third kappa shape index (κ3) is 9.92. The monoisotopic (exact) mass is 514 g/mol. The Kier molecular flexibility index (Phi) is 9.80. The van der Waals surface area contributed by atoms with E-state index in [9.17, 15) is 19.8 Å². The van der Waals surface area contributed by atoms with Gasteiger partial charge in [0.2, 0.25) is 0 Å². The summed E-state index contributed by atoms with van der Waals surface area (Å²) in [5.74, 6) is 0. The van der Waals surface area contributed by atoms with Gasteiger partial charge in [-0.2, -0.15) is 0 Å². The van der Waals surface area contributed by atoms with Crippen LogP contribution in [0.25, 0.3) is 0 Å². The van der Waals surface area contributed by atoms with Gasteiger partial charge >= 0.3 is 12.2 Å². The molecule has 0 saturated heterocycles. The summed E-state index contributed by atoms with van der Waals surface area (Å²) in [4.78, 5) is 33.3. The van der Waals surface area contributed by atoms with Gasteiger partial charge in [0.1, 0.15) is 23.4 Å². The molecule has 0 saturated carbocycles. The number of amides is 2. The Hall–Kier alpha value is -2.28. The molecular formula is C22H34N4O6S2. The van der Waals surface area contributed by atoms with Gasteiger partial charge in [-0.1, -0.05) is 0 Å². The summed E-state index contributed by atoms with van der Waals surface area (Å²) in [5.41, 5.74) is 3.05. The van der Waals surface area contributed by atoms with Gasteiger partial charge in [-0.3, -0.25) is 0 Å². The molecule has 2 amide bonds. The number of aliphatic hydroxyl groups is 2. The Morgan fingerprint density at radius 3 is 1.44 bits per heavy atom. The summed E-state index contributed by atoms with van der Waals surface area (Å²) in [6.07, 6.45) is -4.11. The Balaban J connectivity index is 2.22. The number of thiazole rings is 2. The van der Waals surface area contributed by atoms with Gasteiger partial charge < -0.3 is 30.3 Å². The second-order valence-electron chi connectivity index (χ2n) is 9.85. The third-order valence-corrected chi connectivity index (χ3v) is 5.67. The zero-order valence-electron chi connectivity index (χ0n) is 20.3. The van der Waals surface area contributed by atoms with Crippen LogP contribution in [0.3, 0.4) is 0 Å². The molecule has 0 spiro atoms. The van der Waals surface area contributed by atoms with Crippen LogP contribution in [0.2, 0.25) is 0 Å². The Labute approximate surface area is 207 Å². The molecule has 190 valence electrons. The molecule has 4 atom stereocenters. The lowest BCUT2D eigenvalue weighted by atomic mass is 9.94. The quantitative estimate of drug-likeness (QED) is 0.400. The van der Waals surface area contributed by atoms with Crippen molar-refractivity contribution in [2.45, 2.75) is 89.9 Å². The van der Waals surface area contributed by atoms with E-state index in [1.54, 1.807) is 63.3 Å². The van der Waals surface area contributed by atoms with E-state index in [0.29, 0.717) is 11.4 Å². The fraction of sp³-hybridized carbons (Fsp3) is 0.636. The summed E-state index contributed by atoms with van der Waals surface area (Å²) < 4.78 is 10.6. The fourth-order valence-electron chi connectivity index (χ4n) is 3.04. The molecule has 10 nitrogen and oxygen atoms in total. The summed E-state index contributed by atoms with van der Waals surface area (Å²) in [7, 11) is 0. The average Bonchev–Trinajstić information content (AvgIpc) is 3.37. The highest BCUT2D eigenvalue weighted by Gasteiger charge is 2.36. The topological polar surface area (TPSA) is 143 Å². The van der Waals surface area contributed by atoms with Crippen LogP contribution in [0.15, 0.2) is 21.8 Å². The highest BCUT2D eigenvalue weighted by molar-refractivity contribution is 7.07. The highest BCUT2D eigenvalue weighted by atomic mass is 32.1. The van der Waals surface area contributed by atoms with Gasteiger partial charge in [-0.05, 0) is 41.5 Å². The molecule has 12 heteroatoms. The van der Waals surface area contributed by atoms with Gasteiger partial charge in [-0.25, -0.2) is 19.6 Å². The largest absolute Gasteiger partial charge is 0.444 e. The second-order valence-corrected chi connectivity index (χ2v) is 11.3. The third-order valence-electron chi connectivity index (χ3n) is 4.40. The molecule has 2 heterocycles. The minimum absolute atomic E-state index is 0.150. The van der Waals surface area contributed by atoms with Crippen molar-refractivity contribution in [1.29, 1.82) is 0 Å². The molecule has 2 aromatic heterocycles. The van der Waals surface area contributed by atoms with Crippen LogP contribution in [-0.4, -0.2) is 67.9 Å². The molecule has 34 heavy (non-hydrogen) atoms. The zero-order valence-corrected chi connectivity index (χ0v) is 21.9. The van der Waals surface area contributed by atoms with Crippen molar-refractivity contribution >= 4 is 34.9 Å². The van der Waals surface area contributed by atoms with Gasteiger partial charge in [0.25, 0.3) is 0 Å². The second kappa shape index (κ2) is 11.9. The number of ether oxygens (including phenoxy) is 2. The van der Waals surface area contributed by atoms with Crippen molar-refractivity contribution in [3.8, 4) is 0 Å². The zero-order chi connectivity index (χ0) is 25.5. The number of hydrogen-bond acceptors (Lipinski definition) is 10. The van der Waals surface area contributed by atoms with E-state index in [1.165, 1.54) is 22.7 Å². The number of alkyl carbamates (subject to hydrolysis) is 2. The maximum atomic E-state index is 12.4. The maximum Gasteiger partial charge on any atom is 0.407 e. The standard InChI is InChI=1S/C22H34N4O6S2/c1-21(2,3)31-19(29)25-15(7-13-9-33-11-23-13)17(27)18(28)16(8-14-10-34-12-24-14)26-20(30)32-22(4,5)6/h9-12,15-18,27-28H,7-8H2,1-6H3,(H,25,29)(H,26,30). The number of aliphatic hydroxyl groups excluding tert-OH is 2. The van der Waals surface area contributed by atoms with Gasteiger partial charge in [0.05, 0.1) is 34.5 Å². The predicted molar refractivity (Wildman–Crippen MR) is 130 cm³/mol. The van der Waals surface area contributed by atoms with Crippen molar-refractivity contribution in [3.05, 3.63) is 33.2 Å². The van der Waals surface area contributed by atoms with Crippen LogP contribution in [0, 0.1) is 0 Å². The van der Waals surface area contributed by atoms with E-state index < -0.39 is 47.7 Å². The minimum atomic E-state index is -1.47. The summed E-state index contributed by atoms with van der Waals surface area (Å²) in [6, 6.07) is -1.88. The van der Waals surface area contributed by atoms with E-state index in [-0.39, 0.29) is 12.8 Å². The van der Waals surface area contributed by atoms with Crippen LogP contribution in [0.1, 0.15) is 52.9 Å². The van der Waals surface area contributed by atoms with Crippen LogP contribution in [0.4, 0.5) is 9.59 Å². The molecule has 0 aromatic carbocycles. The summed E-state index contributed by atoms with van der Waals surface area (Å²) >= 11 is 2.75. The molecule has 0 aliphatic rings. The molecule has 0 fully saturated rings. The number of nitrogens with one attached hydrogen (secondary N) is 2. The number of carbonyl (C=O) groups excluding carboxylic acids is 2. The lowest BCUT2D eigenvalue weighted by Gasteiger charge is -2.33. The number of carbonyl (C=O) groups is 2. The normalized spacial score (nSPS) is 15.6. The molecule has 2 rings (SSSR count). The van der Waals surface area contributed by atoms with Crippen molar-refractivity contribution in [2.75, 3.05) is 0 Å². The van der Waals surface area contributed by atoms with E-state index >= 15 is 0 Å². The molecule has 0 bridgehead atoms. The first-order chi connectivity index (χ1) is 15.7. The highest BCUT2D eigenvalue weighted by Crippen LogP contribution is 2.17. The van der Waals surface area contributed by atoms with Crippen LogP contribution < -0.4 is 10.6 Å². The SMILES string of the molecule is CC(C)(C)OC(=O)NC(Cc1cscn1)C(O)C(O)C(Cc1cscn1)NC(=O)OC(C)(C)C. The molecule has 2 aromatic rings. The Morgan fingerprint density at radius 1 is 0.824 bits per heavy atom. The molecule has 0 aliphatic carbocycles. The van der Waals surface area contributed by atoms with E-state index in [1.807, 2.05) is 0 Å². The van der Waals surface area contributed by atoms with Crippen LogP contribution in [0.5, 0.6) is 0 Å². The van der Waals surface area contributed by atoms with Crippen LogP contribution >= 0.6 is 22.7 Å². The number of rotatable bonds is 9. The first kappa shape index (κ1) is 28.0. The molecule has 0 aliphatic heterocycles. The van der Waals surface area contributed by atoms with E-state index in [2.05, 4.69) is 20.6 Å². The van der Waals surface area contributed by atoms with Crippen molar-refractivity contribution in [1.82, 2.24) is 20.6 Å². The van der Waals surface area contributed by atoms with Crippen molar-refractivity contribution in [2.24, 2.45) is 0 Å². The first-order valence-corrected chi connectivity index (χ1v) is 12.7. The van der Waals surface area contributed by atoms with Gasteiger partial charge in [-0.15, -0.1) is 22.7 Å². The number of nitrogens with zero attached hydrogens (tertiary/aromatic N) is 2. The molecular weight excluding hydrogens is 480 g/mol. The lowest BCUT2D eigenvalue weighted by molar-refractivity contribution is -0.0295. The Bertz CT molecular complexity index is 819. The summed E-state index contributed by atoms with van der Waals surface area (Å²) in [6.45, 7) is 10.3. The van der Waals surface area contributed by atoms with Gasteiger partial charge in [0, 0.05) is 23.6 Å². The molecule has 4 N–H and O–H groups in total. The van der Waals surface area contributed by atoms with Crippen molar-refractivity contribution < 1.29 is 29.3 Å². The maximum absolute atomic E-state index is 12.4. The predicted octanol–water partition coefficient (Wildman–Crippen LogP) is 2.89. The average molecular weight is 515 g/mol. The van der Waals surface area contributed by atoms with E-state index in [4.69, 9.17) is 9.47 Å². The van der Waals surface area contributed by atoms with Crippen molar-refractivity contribution in [3.63, 3.8) is 0 Å². The van der Waals surface area contributed by atoms with E-state index in [0.717, 1.165) is 0 Å².